The topological polar surface area (TPSA) is 56.7 Å². The highest BCUT2D eigenvalue weighted by atomic mass is 127. The smallest absolute Gasteiger partial charge is 0.253 e. The van der Waals surface area contributed by atoms with Gasteiger partial charge in [0, 0.05) is 39.3 Å². The van der Waals surface area contributed by atoms with Crippen LogP contribution in [0.15, 0.2) is 29.3 Å². The van der Waals surface area contributed by atoms with E-state index in [-0.39, 0.29) is 29.9 Å². The molecule has 1 aliphatic carbocycles. The Morgan fingerprint density at radius 3 is 2.62 bits per heavy atom. The summed E-state index contributed by atoms with van der Waals surface area (Å²) in [5.74, 6) is 1.91. The van der Waals surface area contributed by atoms with Gasteiger partial charge in [-0.05, 0) is 43.4 Å². The second kappa shape index (κ2) is 14.6. The Bertz CT molecular complexity index is 627. The molecule has 1 aromatic carbocycles. The van der Waals surface area contributed by atoms with Gasteiger partial charge >= 0.3 is 0 Å². The van der Waals surface area contributed by atoms with Gasteiger partial charge in [-0.15, -0.1) is 24.0 Å². The first-order chi connectivity index (χ1) is 13.6. The third-order valence-electron chi connectivity index (χ3n) is 5.40. The standard InChI is InChI=1S/C23H38N4O.HI/c1-4-24-23(25-16-8-7-12-19-10-5-6-11-19)26-17-15-20-13-9-14-21(18-20)22(28)27(2)3;/h9,13-14,18-19H,4-8,10-12,15-17H2,1-3H3,(H2,24,25,26);1H. The highest BCUT2D eigenvalue weighted by Crippen LogP contribution is 2.28. The van der Waals surface area contributed by atoms with Crippen molar-refractivity contribution in [3.8, 4) is 0 Å². The normalized spacial score (nSPS) is 14.4. The van der Waals surface area contributed by atoms with Crippen LogP contribution in [-0.2, 0) is 6.42 Å². The average molecular weight is 514 g/mol. The van der Waals surface area contributed by atoms with Crippen molar-refractivity contribution in [2.24, 2.45) is 10.9 Å². The zero-order chi connectivity index (χ0) is 20.2. The number of hydrogen-bond donors (Lipinski definition) is 2. The highest BCUT2D eigenvalue weighted by Gasteiger charge is 2.13. The van der Waals surface area contributed by atoms with E-state index in [0.717, 1.165) is 49.1 Å². The Labute approximate surface area is 194 Å². The predicted octanol–water partition coefficient (Wildman–Crippen LogP) is 4.46. The fourth-order valence-electron chi connectivity index (χ4n) is 3.82. The summed E-state index contributed by atoms with van der Waals surface area (Å²) in [6, 6.07) is 7.88. The van der Waals surface area contributed by atoms with Crippen molar-refractivity contribution >= 4 is 35.8 Å². The van der Waals surface area contributed by atoms with E-state index >= 15 is 0 Å². The van der Waals surface area contributed by atoms with Gasteiger partial charge in [0.15, 0.2) is 5.96 Å². The van der Waals surface area contributed by atoms with Crippen molar-refractivity contribution in [3.05, 3.63) is 35.4 Å². The van der Waals surface area contributed by atoms with Crippen LogP contribution in [-0.4, -0.2) is 50.5 Å². The molecule has 0 spiro atoms. The molecule has 1 aliphatic rings. The van der Waals surface area contributed by atoms with E-state index in [2.05, 4.69) is 23.6 Å². The lowest BCUT2D eigenvalue weighted by Gasteiger charge is -2.13. The molecule has 1 fully saturated rings. The molecule has 6 heteroatoms. The quantitative estimate of drug-likeness (QED) is 0.210. The maximum Gasteiger partial charge on any atom is 0.253 e. The van der Waals surface area contributed by atoms with Crippen LogP contribution < -0.4 is 10.6 Å². The van der Waals surface area contributed by atoms with Gasteiger partial charge in [-0.2, -0.15) is 0 Å². The minimum atomic E-state index is 0. The van der Waals surface area contributed by atoms with Crippen molar-refractivity contribution in [2.75, 3.05) is 33.7 Å². The third-order valence-corrected chi connectivity index (χ3v) is 5.40. The lowest BCUT2D eigenvalue weighted by atomic mass is 10.0. The summed E-state index contributed by atoms with van der Waals surface area (Å²) in [7, 11) is 3.56. The molecule has 164 valence electrons. The van der Waals surface area contributed by atoms with E-state index in [1.807, 2.05) is 18.2 Å². The molecule has 5 nitrogen and oxygen atoms in total. The number of aliphatic imine (C=N–C) groups is 1. The number of rotatable bonds is 10. The van der Waals surface area contributed by atoms with Crippen molar-refractivity contribution in [1.82, 2.24) is 15.5 Å². The number of carbonyl (C=O) groups is 1. The maximum atomic E-state index is 12.1. The van der Waals surface area contributed by atoms with E-state index in [0.29, 0.717) is 0 Å². The minimum Gasteiger partial charge on any atom is -0.357 e. The summed E-state index contributed by atoms with van der Waals surface area (Å²) in [4.78, 5) is 18.4. The van der Waals surface area contributed by atoms with Gasteiger partial charge in [0.25, 0.3) is 5.91 Å². The van der Waals surface area contributed by atoms with Gasteiger partial charge in [-0.3, -0.25) is 9.79 Å². The summed E-state index contributed by atoms with van der Waals surface area (Å²) < 4.78 is 0. The second-order valence-corrected chi connectivity index (χ2v) is 7.98. The lowest BCUT2D eigenvalue weighted by Crippen LogP contribution is -2.38. The monoisotopic (exact) mass is 514 g/mol. The molecule has 0 radical (unpaired) electrons. The Morgan fingerprint density at radius 1 is 1.17 bits per heavy atom. The summed E-state index contributed by atoms with van der Waals surface area (Å²) in [6.45, 7) is 4.64. The van der Waals surface area contributed by atoms with Crippen LogP contribution in [0.5, 0.6) is 0 Å². The molecular formula is C23H39IN4O. The van der Waals surface area contributed by atoms with Crippen LogP contribution in [0.1, 0.15) is 67.8 Å². The number of benzene rings is 1. The van der Waals surface area contributed by atoms with Crippen molar-refractivity contribution in [2.45, 2.75) is 58.3 Å². The number of guanidine groups is 1. The van der Waals surface area contributed by atoms with Crippen LogP contribution in [0.25, 0.3) is 0 Å². The Kier molecular flexibility index (Phi) is 13.0. The summed E-state index contributed by atoms with van der Waals surface area (Å²) in [5.41, 5.74) is 1.90. The predicted molar refractivity (Wildman–Crippen MR) is 133 cm³/mol. The number of carbonyl (C=O) groups excluding carboxylic acids is 1. The molecule has 0 atom stereocenters. The van der Waals surface area contributed by atoms with Crippen molar-refractivity contribution in [1.29, 1.82) is 0 Å². The molecule has 0 unspecified atom stereocenters. The van der Waals surface area contributed by atoms with Gasteiger partial charge in [0.1, 0.15) is 0 Å². The maximum absolute atomic E-state index is 12.1. The van der Waals surface area contributed by atoms with Crippen LogP contribution >= 0.6 is 24.0 Å². The van der Waals surface area contributed by atoms with Crippen LogP contribution in [0, 0.1) is 5.92 Å². The highest BCUT2D eigenvalue weighted by molar-refractivity contribution is 14.0. The zero-order valence-corrected chi connectivity index (χ0v) is 20.7. The average Bonchev–Trinajstić information content (AvgIpc) is 3.20. The van der Waals surface area contributed by atoms with Gasteiger partial charge < -0.3 is 15.5 Å². The molecule has 0 aromatic heterocycles. The van der Waals surface area contributed by atoms with Gasteiger partial charge in [0.2, 0.25) is 0 Å². The van der Waals surface area contributed by atoms with Gasteiger partial charge in [-0.25, -0.2) is 0 Å². The third kappa shape index (κ3) is 9.83. The number of hydrogen-bond acceptors (Lipinski definition) is 2. The van der Waals surface area contributed by atoms with Crippen LogP contribution in [0.2, 0.25) is 0 Å². The van der Waals surface area contributed by atoms with Crippen molar-refractivity contribution < 1.29 is 4.79 Å². The molecule has 0 aliphatic heterocycles. The number of unbranched alkanes of at least 4 members (excludes halogenated alkanes) is 1. The molecule has 2 N–H and O–H groups in total. The fourth-order valence-corrected chi connectivity index (χ4v) is 3.82. The number of nitrogens with one attached hydrogen (secondary N) is 2. The van der Waals surface area contributed by atoms with E-state index in [1.165, 1.54) is 44.9 Å². The Balaban J connectivity index is 0.00000420. The number of nitrogens with zero attached hydrogens (tertiary/aromatic N) is 2. The molecule has 1 saturated carbocycles. The molecule has 29 heavy (non-hydrogen) atoms. The molecule has 2 rings (SSSR count). The van der Waals surface area contributed by atoms with Gasteiger partial charge in [-0.1, -0.05) is 50.7 Å². The molecular weight excluding hydrogens is 475 g/mol. The molecule has 1 aromatic rings. The number of halogens is 1. The summed E-state index contributed by atoms with van der Waals surface area (Å²) >= 11 is 0. The van der Waals surface area contributed by atoms with Crippen LogP contribution in [0.3, 0.4) is 0 Å². The largest absolute Gasteiger partial charge is 0.357 e. The van der Waals surface area contributed by atoms with E-state index in [1.54, 1.807) is 19.0 Å². The lowest BCUT2D eigenvalue weighted by molar-refractivity contribution is 0.0827. The van der Waals surface area contributed by atoms with Crippen LogP contribution in [0.4, 0.5) is 0 Å². The van der Waals surface area contributed by atoms with E-state index < -0.39 is 0 Å². The Hall–Kier alpha value is -1.31. The zero-order valence-electron chi connectivity index (χ0n) is 18.4. The number of amides is 1. The summed E-state index contributed by atoms with van der Waals surface area (Å²) in [5, 5.41) is 6.74. The molecule has 0 heterocycles. The first kappa shape index (κ1) is 25.7. The van der Waals surface area contributed by atoms with Gasteiger partial charge in [0.05, 0.1) is 0 Å². The van der Waals surface area contributed by atoms with E-state index in [9.17, 15) is 4.79 Å². The molecule has 1 amide bonds. The summed E-state index contributed by atoms with van der Waals surface area (Å²) in [6.07, 6.45) is 10.4. The second-order valence-electron chi connectivity index (χ2n) is 7.98. The SMILES string of the molecule is CCNC(=NCCCCC1CCCC1)NCCc1cccc(C(=O)N(C)C)c1.I. The molecule has 0 bridgehead atoms. The van der Waals surface area contributed by atoms with E-state index in [4.69, 9.17) is 4.99 Å². The van der Waals surface area contributed by atoms with Crippen molar-refractivity contribution in [3.63, 3.8) is 0 Å². The first-order valence-corrected chi connectivity index (χ1v) is 10.9. The fraction of sp³-hybridized carbons (Fsp3) is 0.652. The Morgan fingerprint density at radius 2 is 1.93 bits per heavy atom. The minimum absolute atomic E-state index is 0. The first-order valence-electron chi connectivity index (χ1n) is 10.9. The molecule has 0 saturated heterocycles.